The molecule has 1 heterocycles. The topological polar surface area (TPSA) is 51.1 Å². The highest BCUT2D eigenvalue weighted by molar-refractivity contribution is 5.99. The van der Waals surface area contributed by atoms with Gasteiger partial charge in [0.25, 0.3) is 0 Å². The number of carbonyl (C=O) groups excluding carboxylic acids is 2. The van der Waals surface area contributed by atoms with E-state index >= 15 is 0 Å². The average molecular weight is 338 g/mol. The zero-order valence-corrected chi connectivity index (χ0v) is 14.1. The fourth-order valence-electron chi connectivity index (χ4n) is 2.83. The SMILES string of the molecule is CC(C)c1ccc(NC(=O)Cn2cc(C=O)c3cc(F)ccc32)cc1. The van der Waals surface area contributed by atoms with E-state index in [1.165, 1.54) is 17.7 Å². The van der Waals surface area contributed by atoms with Gasteiger partial charge in [-0.1, -0.05) is 26.0 Å². The Hall–Kier alpha value is -2.95. The quantitative estimate of drug-likeness (QED) is 0.703. The van der Waals surface area contributed by atoms with Crippen LogP contribution >= 0.6 is 0 Å². The summed E-state index contributed by atoms with van der Waals surface area (Å²) in [6.07, 6.45) is 2.24. The van der Waals surface area contributed by atoms with Crippen LogP contribution in [-0.2, 0) is 11.3 Å². The van der Waals surface area contributed by atoms with Gasteiger partial charge < -0.3 is 9.88 Å². The number of amides is 1. The Bertz CT molecular complexity index is 927. The summed E-state index contributed by atoms with van der Waals surface area (Å²) in [5.74, 6) is -0.197. The second kappa shape index (κ2) is 6.89. The van der Waals surface area contributed by atoms with Gasteiger partial charge in [0.05, 0.1) is 0 Å². The van der Waals surface area contributed by atoms with Gasteiger partial charge >= 0.3 is 0 Å². The molecule has 0 aliphatic carbocycles. The standard InChI is InChI=1S/C20H19FN2O2/c1-13(2)14-3-6-17(7-4-14)22-20(25)11-23-10-15(12-24)18-9-16(21)5-8-19(18)23/h3-10,12-13H,11H2,1-2H3,(H,22,25). The maximum absolute atomic E-state index is 13.4. The number of anilines is 1. The van der Waals surface area contributed by atoms with Gasteiger partial charge in [-0.25, -0.2) is 4.39 Å². The molecular weight excluding hydrogens is 319 g/mol. The lowest BCUT2D eigenvalue weighted by molar-refractivity contribution is -0.116. The van der Waals surface area contributed by atoms with Crippen LogP contribution in [0, 0.1) is 5.82 Å². The Morgan fingerprint density at radius 3 is 2.56 bits per heavy atom. The minimum absolute atomic E-state index is 0.0436. The second-order valence-corrected chi connectivity index (χ2v) is 6.32. The smallest absolute Gasteiger partial charge is 0.244 e. The first-order valence-corrected chi connectivity index (χ1v) is 8.11. The molecule has 0 aliphatic rings. The highest BCUT2D eigenvalue weighted by atomic mass is 19.1. The molecule has 0 saturated carbocycles. The Labute approximate surface area is 145 Å². The van der Waals surface area contributed by atoms with Gasteiger partial charge in [-0.15, -0.1) is 0 Å². The number of aromatic nitrogens is 1. The van der Waals surface area contributed by atoms with Crippen LogP contribution < -0.4 is 5.32 Å². The van der Waals surface area contributed by atoms with Crippen molar-refractivity contribution in [1.29, 1.82) is 0 Å². The van der Waals surface area contributed by atoms with E-state index < -0.39 is 5.82 Å². The predicted molar refractivity (Wildman–Crippen MR) is 96.4 cm³/mol. The Balaban J connectivity index is 1.79. The molecule has 3 aromatic rings. The molecule has 0 spiro atoms. The molecule has 0 radical (unpaired) electrons. The molecule has 25 heavy (non-hydrogen) atoms. The van der Waals surface area contributed by atoms with Crippen LogP contribution in [0.15, 0.2) is 48.7 Å². The van der Waals surface area contributed by atoms with Crippen molar-refractivity contribution in [2.75, 3.05) is 5.32 Å². The normalized spacial score (nSPS) is 11.0. The molecule has 0 aliphatic heterocycles. The third kappa shape index (κ3) is 3.60. The zero-order chi connectivity index (χ0) is 18.0. The van der Waals surface area contributed by atoms with Gasteiger partial charge in [-0.05, 0) is 41.8 Å². The van der Waals surface area contributed by atoms with E-state index in [1.807, 2.05) is 24.3 Å². The number of rotatable bonds is 5. The lowest BCUT2D eigenvalue weighted by Gasteiger charge is -2.09. The molecule has 3 rings (SSSR count). The number of nitrogens with one attached hydrogen (secondary N) is 1. The van der Waals surface area contributed by atoms with E-state index in [9.17, 15) is 14.0 Å². The zero-order valence-electron chi connectivity index (χ0n) is 14.1. The maximum atomic E-state index is 13.4. The van der Waals surface area contributed by atoms with Crippen LogP contribution in [0.4, 0.5) is 10.1 Å². The van der Waals surface area contributed by atoms with Crippen LogP contribution in [0.3, 0.4) is 0 Å². The van der Waals surface area contributed by atoms with Crippen molar-refractivity contribution in [3.05, 3.63) is 65.6 Å². The second-order valence-electron chi connectivity index (χ2n) is 6.32. The molecule has 1 aromatic heterocycles. The van der Waals surface area contributed by atoms with Gasteiger partial charge in [-0.2, -0.15) is 0 Å². The van der Waals surface area contributed by atoms with Crippen LogP contribution in [0.25, 0.3) is 10.9 Å². The summed E-state index contributed by atoms with van der Waals surface area (Å²) in [4.78, 5) is 23.5. The molecule has 0 unspecified atom stereocenters. The molecule has 1 amide bonds. The average Bonchev–Trinajstić information content (AvgIpc) is 2.92. The summed E-state index contributed by atoms with van der Waals surface area (Å²) in [6, 6.07) is 11.9. The molecular formula is C20H19FN2O2. The Morgan fingerprint density at radius 1 is 1.20 bits per heavy atom. The molecule has 0 saturated heterocycles. The summed E-state index contributed by atoms with van der Waals surface area (Å²) in [7, 11) is 0. The Kier molecular flexibility index (Phi) is 4.65. The van der Waals surface area contributed by atoms with Crippen molar-refractivity contribution >= 4 is 28.8 Å². The molecule has 0 atom stereocenters. The molecule has 2 aromatic carbocycles. The predicted octanol–water partition coefficient (Wildman–Crippen LogP) is 4.36. The monoisotopic (exact) mass is 338 g/mol. The molecule has 0 fully saturated rings. The number of aldehydes is 1. The van der Waals surface area contributed by atoms with Crippen molar-refractivity contribution in [2.45, 2.75) is 26.3 Å². The lowest BCUT2D eigenvalue weighted by Crippen LogP contribution is -2.18. The largest absolute Gasteiger partial charge is 0.337 e. The first-order valence-electron chi connectivity index (χ1n) is 8.11. The van der Waals surface area contributed by atoms with Crippen molar-refractivity contribution in [3.8, 4) is 0 Å². The van der Waals surface area contributed by atoms with E-state index in [4.69, 9.17) is 0 Å². The summed E-state index contributed by atoms with van der Waals surface area (Å²) >= 11 is 0. The van der Waals surface area contributed by atoms with Gasteiger partial charge in [0.15, 0.2) is 6.29 Å². The number of nitrogens with zero attached hydrogens (tertiary/aromatic N) is 1. The number of halogens is 1. The number of hydrogen-bond donors (Lipinski definition) is 1. The maximum Gasteiger partial charge on any atom is 0.244 e. The van der Waals surface area contributed by atoms with Gasteiger partial charge in [0, 0.05) is 28.4 Å². The third-order valence-electron chi connectivity index (χ3n) is 4.18. The van der Waals surface area contributed by atoms with E-state index in [0.717, 1.165) is 0 Å². The van der Waals surface area contributed by atoms with Crippen molar-refractivity contribution in [2.24, 2.45) is 0 Å². The molecule has 0 bridgehead atoms. The van der Waals surface area contributed by atoms with E-state index in [1.54, 1.807) is 16.8 Å². The van der Waals surface area contributed by atoms with E-state index in [0.29, 0.717) is 34.4 Å². The van der Waals surface area contributed by atoms with Gasteiger partial charge in [0.1, 0.15) is 12.4 Å². The number of carbonyl (C=O) groups is 2. The van der Waals surface area contributed by atoms with Crippen LogP contribution in [0.2, 0.25) is 0 Å². The lowest BCUT2D eigenvalue weighted by atomic mass is 10.0. The summed E-state index contributed by atoms with van der Waals surface area (Å²) in [5.41, 5.74) is 2.93. The highest BCUT2D eigenvalue weighted by Gasteiger charge is 2.12. The van der Waals surface area contributed by atoms with Crippen LogP contribution in [0.5, 0.6) is 0 Å². The van der Waals surface area contributed by atoms with Crippen molar-refractivity contribution < 1.29 is 14.0 Å². The fourth-order valence-corrected chi connectivity index (χ4v) is 2.83. The molecule has 4 nitrogen and oxygen atoms in total. The minimum atomic E-state index is -0.414. The number of benzene rings is 2. The first kappa shape index (κ1) is 16.9. The molecule has 5 heteroatoms. The van der Waals surface area contributed by atoms with E-state index in [2.05, 4.69) is 19.2 Å². The third-order valence-corrected chi connectivity index (χ3v) is 4.18. The van der Waals surface area contributed by atoms with Gasteiger partial charge in [-0.3, -0.25) is 9.59 Å². The van der Waals surface area contributed by atoms with Crippen LogP contribution in [-0.4, -0.2) is 16.8 Å². The first-order chi connectivity index (χ1) is 12.0. The molecule has 128 valence electrons. The molecule has 1 N–H and O–H groups in total. The number of fused-ring (bicyclic) bond motifs is 1. The van der Waals surface area contributed by atoms with Gasteiger partial charge in [0.2, 0.25) is 5.91 Å². The highest BCUT2D eigenvalue weighted by Crippen LogP contribution is 2.22. The van der Waals surface area contributed by atoms with Crippen LogP contribution in [0.1, 0.15) is 35.7 Å². The van der Waals surface area contributed by atoms with E-state index in [-0.39, 0.29) is 12.5 Å². The fraction of sp³-hybridized carbons (Fsp3) is 0.200. The number of hydrogen-bond acceptors (Lipinski definition) is 2. The summed E-state index contributed by atoms with van der Waals surface area (Å²) in [5, 5.41) is 3.34. The van der Waals surface area contributed by atoms with Crippen molar-refractivity contribution in [3.63, 3.8) is 0 Å². The summed E-state index contributed by atoms with van der Waals surface area (Å²) in [6.45, 7) is 4.26. The summed E-state index contributed by atoms with van der Waals surface area (Å²) < 4.78 is 15.0. The van der Waals surface area contributed by atoms with Crippen molar-refractivity contribution in [1.82, 2.24) is 4.57 Å². The minimum Gasteiger partial charge on any atom is -0.337 e. The Morgan fingerprint density at radius 2 is 1.92 bits per heavy atom.